The first-order valence-electron chi connectivity index (χ1n) is 4.78. The van der Waals surface area contributed by atoms with Gasteiger partial charge in [0.1, 0.15) is 0 Å². The second-order valence-electron chi connectivity index (χ2n) is 3.49. The fourth-order valence-electron chi connectivity index (χ4n) is 1.64. The van der Waals surface area contributed by atoms with E-state index in [0.717, 1.165) is 23.6 Å². The lowest BCUT2D eigenvalue weighted by atomic mass is 10.2. The summed E-state index contributed by atoms with van der Waals surface area (Å²) in [7, 11) is 0. The second-order valence-corrected chi connectivity index (χ2v) is 3.49. The Morgan fingerprint density at radius 3 is 3.07 bits per heavy atom. The highest BCUT2D eigenvalue weighted by atomic mass is 19.1. The zero-order valence-electron chi connectivity index (χ0n) is 8.03. The van der Waals surface area contributed by atoms with Gasteiger partial charge in [0.25, 0.3) is 5.56 Å². The van der Waals surface area contributed by atoms with Crippen LogP contribution in [0.2, 0.25) is 0 Å². The van der Waals surface area contributed by atoms with Gasteiger partial charge in [-0.3, -0.25) is 9.36 Å². The van der Waals surface area contributed by atoms with E-state index in [1.165, 1.54) is 0 Å². The van der Waals surface area contributed by atoms with Crippen molar-refractivity contribution in [2.24, 2.45) is 0 Å². The molecule has 0 radical (unpaired) electrons. The Kier molecular flexibility index (Phi) is 2.68. The van der Waals surface area contributed by atoms with Crippen LogP contribution < -0.4 is 11.2 Å². The maximum Gasteiger partial charge on any atom is 0.328 e. The van der Waals surface area contributed by atoms with Crippen molar-refractivity contribution in [1.29, 1.82) is 0 Å². The van der Waals surface area contributed by atoms with Crippen LogP contribution in [0.1, 0.15) is 12.8 Å². The first kappa shape index (κ1) is 10.1. The van der Waals surface area contributed by atoms with Crippen LogP contribution in [0.3, 0.4) is 0 Å². The number of halogens is 1. The summed E-state index contributed by atoms with van der Waals surface area (Å²) in [6.45, 7) is 0.749. The number of hydrogen-bond donors (Lipinski definition) is 1. The summed E-state index contributed by atoms with van der Waals surface area (Å²) < 4.78 is 19.0. The van der Waals surface area contributed by atoms with Gasteiger partial charge in [0.05, 0.1) is 12.6 Å². The first-order valence-corrected chi connectivity index (χ1v) is 4.78. The molecule has 2 heterocycles. The Balaban J connectivity index is 2.30. The third kappa shape index (κ3) is 1.99. The Labute approximate surface area is 84.5 Å². The smallest absolute Gasteiger partial charge is 0.328 e. The molecule has 1 fully saturated rings. The quantitative estimate of drug-likeness (QED) is 0.745. The maximum atomic E-state index is 12.9. The molecule has 0 aliphatic carbocycles. The minimum Gasteiger partial charge on any atom is -0.376 e. The minimum absolute atomic E-state index is 0.117. The highest BCUT2D eigenvalue weighted by Gasteiger charge is 2.18. The molecule has 0 amide bonds. The fourth-order valence-corrected chi connectivity index (χ4v) is 1.64. The zero-order valence-corrected chi connectivity index (χ0v) is 8.03. The highest BCUT2D eigenvalue weighted by molar-refractivity contribution is 4.88. The molecule has 5 nitrogen and oxygen atoms in total. The van der Waals surface area contributed by atoms with Crippen molar-refractivity contribution in [1.82, 2.24) is 9.55 Å². The predicted octanol–water partition coefficient (Wildman–Crippen LogP) is -0.145. The van der Waals surface area contributed by atoms with E-state index < -0.39 is 17.1 Å². The van der Waals surface area contributed by atoms with E-state index in [-0.39, 0.29) is 12.6 Å². The average molecular weight is 214 g/mol. The molecule has 82 valence electrons. The summed E-state index contributed by atoms with van der Waals surface area (Å²) in [5.74, 6) is -0.951. The van der Waals surface area contributed by atoms with Crippen LogP contribution in [0.15, 0.2) is 15.8 Å². The lowest BCUT2D eigenvalue weighted by Gasteiger charge is -2.09. The summed E-state index contributed by atoms with van der Waals surface area (Å²) in [6.07, 6.45) is 2.32. The number of aromatic amines is 1. The summed E-state index contributed by atoms with van der Waals surface area (Å²) in [5, 5.41) is 0. The molecule has 0 saturated carbocycles. The number of rotatable bonds is 2. The van der Waals surface area contributed by atoms with Crippen molar-refractivity contribution in [2.75, 3.05) is 6.61 Å². The topological polar surface area (TPSA) is 64.1 Å². The second kappa shape index (κ2) is 3.98. The van der Waals surface area contributed by atoms with Gasteiger partial charge in [-0.15, -0.1) is 0 Å². The molecule has 1 saturated heterocycles. The molecular formula is C9H11FN2O3. The zero-order chi connectivity index (χ0) is 10.8. The lowest BCUT2D eigenvalue weighted by Crippen LogP contribution is -2.39. The number of nitrogens with zero attached hydrogens (tertiary/aromatic N) is 1. The van der Waals surface area contributed by atoms with E-state index in [2.05, 4.69) is 4.98 Å². The molecule has 6 heteroatoms. The van der Waals surface area contributed by atoms with Crippen molar-refractivity contribution >= 4 is 0 Å². The monoisotopic (exact) mass is 214 g/mol. The summed E-state index contributed by atoms with van der Waals surface area (Å²) >= 11 is 0. The van der Waals surface area contributed by atoms with Crippen LogP contribution >= 0.6 is 0 Å². The molecule has 1 aromatic heterocycles. The summed E-state index contributed by atoms with van der Waals surface area (Å²) in [6, 6.07) is 0. The van der Waals surface area contributed by atoms with Crippen LogP contribution in [0, 0.1) is 5.82 Å². The molecule has 1 N–H and O–H groups in total. The molecule has 1 unspecified atom stereocenters. The molecular weight excluding hydrogens is 203 g/mol. The third-order valence-electron chi connectivity index (χ3n) is 2.43. The third-order valence-corrected chi connectivity index (χ3v) is 2.43. The van der Waals surface area contributed by atoms with Crippen molar-refractivity contribution in [2.45, 2.75) is 25.5 Å². The molecule has 2 rings (SSSR count). The molecule has 15 heavy (non-hydrogen) atoms. The largest absolute Gasteiger partial charge is 0.376 e. The van der Waals surface area contributed by atoms with Gasteiger partial charge in [0.2, 0.25) is 5.82 Å². The van der Waals surface area contributed by atoms with E-state index in [1.807, 2.05) is 0 Å². The Morgan fingerprint density at radius 2 is 2.40 bits per heavy atom. The average Bonchev–Trinajstić information content (AvgIpc) is 2.71. The van der Waals surface area contributed by atoms with Crippen LogP contribution in [-0.4, -0.2) is 22.3 Å². The number of H-pyrrole nitrogens is 1. The minimum atomic E-state index is -0.951. The van der Waals surface area contributed by atoms with E-state index in [1.54, 1.807) is 0 Å². The molecule has 0 spiro atoms. The first-order chi connectivity index (χ1) is 7.18. The Bertz CT molecular complexity index is 459. The number of ether oxygens (including phenoxy) is 1. The molecule has 1 atom stereocenters. The maximum absolute atomic E-state index is 12.9. The molecule has 1 aromatic rings. The van der Waals surface area contributed by atoms with E-state index in [4.69, 9.17) is 4.74 Å². The van der Waals surface area contributed by atoms with Crippen LogP contribution in [0.4, 0.5) is 4.39 Å². The van der Waals surface area contributed by atoms with E-state index in [0.29, 0.717) is 6.61 Å². The summed E-state index contributed by atoms with van der Waals surface area (Å²) in [5.41, 5.74) is -1.49. The standard InChI is InChI=1S/C9H11FN2O3/c10-7-4-11-9(14)12(8(7)13)5-6-2-1-3-15-6/h4,6H,1-3,5H2,(H,11,14). The van der Waals surface area contributed by atoms with Gasteiger partial charge in [0, 0.05) is 12.8 Å². The SMILES string of the molecule is O=c1[nH]cc(F)c(=O)n1CC1CCCO1. The van der Waals surface area contributed by atoms with Crippen molar-refractivity contribution < 1.29 is 9.13 Å². The van der Waals surface area contributed by atoms with Gasteiger partial charge < -0.3 is 9.72 Å². The molecule has 1 aliphatic heterocycles. The van der Waals surface area contributed by atoms with Gasteiger partial charge in [-0.05, 0) is 12.8 Å². The van der Waals surface area contributed by atoms with Gasteiger partial charge >= 0.3 is 5.69 Å². The van der Waals surface area contributed by atoms with Crippen molar-refractivity contribution in [3.63, 3.8) is 0 Å². The highest BCUT2D eigenvalue weighted by Crippen LogP contribution is 2.12. The predicted molar refractivity (Wildman–Crippen MR) is 50.3 cm³/mol. The van der Waals surface area contributed by atoms with E-state index in [9.17, 15) is 14.0 Å². The Hall–Kier alpha value is -1.43. The van der Waals surface area contributed by atoms with Gasteiger partial charge in [-0.1, -0.05) is 0 Å². The number of hydrogen-bond acceptors (Lipinski definition) is 3. The van der Waals surface area contributed by atoms with E-state index >= 15 is 0 Å². The van der Waals surface area contributed by atoms with Crippen LogP contribution in [0.25, 0.3) is 0 Å². The van der Waals surface area contributed by atoms with Crippen LogP contribution in [0.5, 0.6) is 0 Å². The van der Waals surface area contributed by atoms with Crippen molar-refractivity contribution in [3.8, 4) is 0 Å². The van der Waals surface area contributed by atoms with Crippen molar-refractivity contribution in [3.05, 3.63) is 32.9 Å². The molecule has 0 aromatic carbocycles. The Morgan fingerprint density at radius 1 is 1.60 bits per heavy atom. The van der Waals surface area contributed by atoms with Gasteiger partial charge in [0.15, 0.2) is 0 Å². The molecule has 1 aliphatic rings. The van der Waals surface area contributed by atoms with Gasteiger partial charge in [-0.2, -0.15) is 4.39 Å². The molecule has 0 bridgehead atoms. The van der Waals surface area contributed by atoms with Gasteiger partial charge in [-0.25, -0.2) is 4.79 Å². The fraction of sp³-hybridized carbons (Fsp3) is 0.556. The summed E-state index contributed by atoms with van der Waals surface area (Å²) in [4.78, 5) is 24.7. The van der Waals surface area contributed by atoms with Crippen LogP contribution in [-0.2, 0) is 11.3 Å². The lowest BCUT2D eigenvalue weighted by molar-refractivity contribution is 0.0946. The number of nitrogens with one attached hydrogen (secondary N) is 1. The normalized spacial score (nSPS) is 20.7. The number of aromatic nitrogens is 2.